The summed E-state index contributed by atoms with van der Waals surface area (Å²) in [7, 11) is 0. The van der Waals surface area contributed by atoms with Crippen LogP contribution < -0.4 is 5.73 Å². The Morgan fingerprint density at radius 3 is 2.50 bits per heavy atom. The summed E-state index contributed by atoms with van der Waals surface area (Å²) < 4.78 is 0.987. The second kappa shape index (κ2) is 7.51. The summed E-state index contributed by atoms with van der Waals surface area (Å²) in [5, 5.41) is 0.757. The molecule has 0 aliphatic carbocycles. The third-order valence-electron chi connectivity index (χ3n) is 3.07. The second-order valence-corrected chi connectivity index (χ2v) is 7.21. The molecule has 2 rings (SSSR count). The molecule has 2 N–H and O–H groups in total. The molecule has 4 heteroatoms. The Balaban J connectivity index is 2.09. The Kier molecular flexibility index (Phi) is 5.97. The summed E-state index contributed by atoms with van der Waals surface area (Å²) in [6, 6.07) is 14.4. The molecule has 2 aromatic carbocycles. The van der Waals surface area contributed by atoms with Crippen LogP contribution in [0.5, 0.6) is 0 Å². The highest BCUT2D eigenvalue weighted by atomic mass is 79.9. The molecule has 1 unspecified atom stereocenters. The molecule has 0 saturated carbocycles. The number of rotatable bonds is 5. The molecule has 1 atom stereocenters. The third-order valence-corrected chi connectivity index (χ3v) is 4.81. The normalized spacial score (nSPS) is 12.4. The van der Waals surface area contributed by atoms with Crippen molar-refractivity contribution < 1.29 is 0 Å². The number of thioether (sulfide) groups is 1. The Labute approximate surface area is 138 Å². The lowest BCUT2D eigenvalue weighted by molar-refractivity contribution is 0.721. The van der Waals surface area contributed by atoms with Gasteiger partial charge in [-0.15, -0.1) is 11.8 Å². The first-order valence-electron chi connectivity index (χ1n) is 6.52. The third kappa shape index (κ3) is 4.26. The summed E-state index contributed by atoms with van der Waals surface area (Å²) in [6.45, 7) is 2.15. The van der Waals surface area contributed by atoms with Crippen molar-refractivity contribution in [1.82, 2.24) is 0 Å². The molecular weight excluding hydrogens is 354 g/mol. The fourth-order valence-corrected chi connectivity index (χ4v) is 3.43. The van der Waals surface area contributed by atoms with E-state index in [2.05, 4.69) is 47.1 Å². The zero-order chi connectivity index (χ0) is 14.5. The molecule has 0 saturated heterocycles. The number of benzene rings is 2. The van der Waals surface area contributed by atoms with Gasteiger partial charge >= 0.3 is 0 Å². The summed E-state index contributed by atoms with van der Waals surface area (Å²) in [5.74, 6) is 1.08. The highest BCUT2D eigenvalue weighted by Gasteiger charge is 2.10. The molecule has 20 heavy (non-hydrogen) atoms. The fourth-order valence-electron chi connectivity index (χ4n) is 2.02. The van der Waals surface area contributed by atoms with E-state index in [4.69, 9.17) is 17.3 Å². The van der Waals surface area contributed by atoms with Gasteiger partial charge in [-0.25, -0.2) is 0 Å². The van der Waals surface area contributed by atoms with Crippen LogP contribution in [0.4, 0.5) is 0 Å². The molecule has 0 bridgehead atoms. The highest BCUT2D eigenvalue weighted by Crippen LogP contribution is 2.26. The van der Waals surface area contributed by atoms with Gasteiger partial charge in [-0.1, -0.05) is 52.7 Å². The molecule has 0 radical (unpaired) electrons. The van der Waals surface area contributed by atoms with Crippen molar-refractivity contribution in [3.63, 3.8) is 0 Å². The zero-order valence-electron chi connectivity index (χ0n) is 11.3. The minimum absolute atomic E-state index is 0.0330. The van der Waals surface area contributed by atoms with Crippen LogP contribution in [-0.4, -0.2) is 5.75 Å². The van der Waals surface area contributed by atoms with Gasteiger partial charge < -0.3 is 5.73 Å². The highest BCUT2D eigenvalue weighted by molar-refractivity contribution is 9.10. The van der Waals surface area contributed by atoms with Crippen molar-refractivity contribution in [2.45, 2.75) is 24.3 Å². The topological polar surface area (TPSA) is 26.0 Å². The van der Waals surface area contributed by atoms with E-state index in [9.17, 15) is 0 Å². The second-order valence-electron chi connectivity index (χ2n) is 4.55. The van der Waals surface area contributed by atoms with E-state index >= 15 is 0 Å². The largest absolute Gasteiger partial charge is 0.324 e. The SMILES string of the molecule is CCSc1ccc(C(N)Cc2ccc(Br)cc2Cl)cc1. The molecule has 0 aliphatic heterocycles. The Hall–Kier alpha value is -0.480. The van der Waals surface area contributed by atoms with E-state index in [1.807, 2.05) is 30.0 Å². The lowest BCUT2D eigenvalue weighted by atomic mass is 10.00. The number of halogens is 2. The van der Waals surface area contributed by atoms with E-state index in [-0.39, 0.29) is 6.04 Å². The molecule has 106 valence electrons. The van der Waals surface area contributed by atoms with Gasteiger partial charge in [0.1, 0.15) is 0 Å². The van der Waals surface area contributed by atoms with E-state index in [0.717, 1.165) is 32.8 Å². The molecule has 0 aromatic heterocycles. The number of hydrogen-bond acceptors (Lipinski definition) is 2. The minimum atomic E-state index is -0.0330. The van der Waals surface area contributed by atoms with Crippen LogP contribution >= 0.6 is 39.3 Å². The van der Waals surface area contributed by atoms with Crippen molar-refractivity contribution in [2.75, 3.05) is 5.75 Å². The standard InChI is InChI=1S/C16H17BrClNS/c1-2-20-14-7-4-11(5-8-14)16(19)9-12-3-6-13(17)10-15(12)18/h3-8,10,16H,2,9,19H2,1H3. The molecule has 0 aliphatic rings. The summed E-state index contributed by atoms with van der Waals surface area (Å²) in [5.41, 5.74) is 8.50. The summed E-state index contributed by atoms with van der Waals surface area (Å²) in [4.78, 5) is 1.28. The van der Waals surface area contributed by atoms with Crippen molar-refractivity contribution in [1.29, 1.82) is 0 Å². The van der Waals surface area contributed by atoms with Crippen LogP contribution in [0.1, 0.15) is 24.1 Å². The lowest BCUT2D eigenvalue weighted by Crippen LogP contribution is -2.13. The average molecular weight is 371 g/mol. The van der Waals surface area contributed by atoms with Gasteiger partial charge in [-0.05, 0) is 47.6 Å². The zero-order valence-corrected chi connectivity index (χ0v) is 14.4. The molecule has 0 fully saturated rings. The van der Waals surface area contributed by atoms with E-state index in [1.165, 1.54) is 4.90 Å². The average Bonchev–Trinajstić information content (AvgIpc) is 2.43. The molecule has 0 spiro atoms. The first-order valence-corrected chi connectivity index (χ1v) is 8.68. The monoisotopic (exact) mass is 369 g/mol. The van der Waals surface area contributed by atoms with E-state index < -0.39 is 0 Å². The first kappa shape index (κ1) is 15.9. The van der Waals surface area contributed by atoms with Gasteiger partial charge in [0.05, 0.1) is 0 Å². The van der Waals surface area contributed by atoms with Gasteiger partial charge in [0.2, 0.25) is 0 Å². The lowest BCUT2D eigenvalue weighted by Gasteiger charge is -2.14. The number of hydrogen-bond donors (Lipinski definition) is 1. The van der Waals surface area contributed by atoms with Gasteiger partial charge in [-0.3, -0.25) is 0 Å². The summed E-state index contributed by atoms with van der Waals surface area (Å²) >= 11 is 11.5. The Morgan fingerprint density at radius 1 is 1.20 bits per heavy atom. The van der Waals surface area contributed by atoms with Crippen LogP contribution in [0.15, 0.2) is 51.8 Å². The molecule has 1 nitrogen and oxygen atoms in total. The van der Waals surface area contributed by atoms with Crippen LogP contribution in [0, 0.1) is 0 Å². The predicted octanol–water partition coefficient (Wildman–Crippen LogP) is 5.46. The Morgan fingerprint density at radius 2 is 1.90 bits per heavy atom. The van der Waals surface area contributed by atoms with Gasteiger partial charge in [0.15, 0.2) is 0 Å². The molecule has 2 aromatic rings. The maximum atomic E-state index is 6.28. The van der Waals surface area contributed by atoms with E-state index in [0.29, 0.717) is 0 Å². The van der Waals surface area contributed by atoms with Crippen molar-refractivity contribution in [3.8, 4) is 0 Å². The van der Waals surface area contributed by atoms with Gasteiger partial charge in [0, 0.05) is 20.4 Å². The molecular formula is C16H17BrClNS. The predicted molar refractivity (Wildman–Crippen MR) is 92.6 cm³/mol. The molecule has 0 heterocycles. The number of nitrogens with two attached hydrogens (primary N) is 1. The van der Waals surface area contributed by atoms with Crippen molar-refractivity contribution >= 4 is 39.3 Å². The maximum Gasteiger partial charge on any atom is 0.0449 e. The fraction of sp³-hybridized carbons (Fsp3) is 0.250. The van der Waals surface area contributed by atoms with Crippen molar-refractivity contribution in [2.24, 2.45) is 5.73 Å². The quantitative estimate of drug-likeness (QED) is 0.707. The van der Waals surface area contributed by atoms with Gasteiger partial charge in [-0.2, -0.15) is 0 Å². The van der Waals surface area contributed by atoms with E-state index in [1.54, 1.807) is 0 Å². The van der Waals surface area contributed by atoms with Crippen LogP contribution in [0.3, 0.4) is 0 Å². The maximum absolute atomic E-state index is 6.28. The molecule has 0 amide bonds. The van der Waals surface area contributed by atoms with Crippen LogP contribution in [0.2, 0.25) is 5.02 Å². The Bertz CT molecular complexity index is 571. The van der Waals surface area contributed by atoms with Gasteiger partial charge in [0.25, 0.3) is 0 Å². The van der Waals surface area contributed by atoms with Crippen LogP contribution in [-0.2, 0) is 6.42 Å². The smallest absolute Gasteiger partial charge is 0.0449 e. The van der Waals surface area contributed by atoms with Crippen molar-refractivity contribution in [3.05, 3.63) is 63.1 Å². The minimum Gasteiger partial charge on any atom is -0.324 e. The first-order chi connectivity index (χ1) is 9.60. The summed E-state index contributed by atoms with van der Waals surface area (Å²) in [6.07, 6.45) is 0.742. The van der Waals surface area contributed by atoms with Crippen LogP contribution in [0.25, 0.3) is 0 Å².